The van der Waals surface area contributed by atoms with Crippen LogP contribution in [-0.2, 0) is 6.61 Å². The second-order valence-corrected chi connectivity index (χ2v) is 8.36. The van der Waals surface area contributed by atoms with E-state index in [2.05, 4.69) is 33.8 Å². The number of benzene rings is 3. The van der Waals surface area contributed by atoms with Crippen LogP contribution in [0.25, 0.3) is 11.1 Å². The van der Waals surface area contributed by atoms with Crippen LogP contribution in [0.2, 0.25) is 0 Å². The minimum absolute atomic E-state index is 0.0942. The summed E-state index contributed by atoms with van der Waals surface area (Å²) in [7, 11) is 0. The molecule has 1 N–H and O–H groups in total. The molecular formula is C26H27FOS. The molecule has 0 aliphatic carbocycles. The lowest BCUT2D eigenvalue weighted by Gasteiger charge is -2.26. The van der Waals surface area contributed by atoms with E-state index in [9.17, 15) is 9.50 Å². The summed E-state index contributed by atoms with van der Waals surface area (Å²) in [5.74, 6) is 0.208. The van der Waals surface area contributed by atoms with E-state index in [1.165, 1.54) is 12.1 Å². The lowest BCUT2D eigenvalue weighted by Crippen LogP contribution is -2.13. The van der Waals surface area contributed by atoms with Crippen LogP contribution in [-0.4, -0.2) is 9.97 Å². The largest absolute Gasteiger partial charge is 0.392 e. The first-order valence-electron chi connectivity index (χ1n) is 10.0. The van der Waals surface area contributed by atoms with Crippen molar-refractivity contribution in [3.05, 3.63) is 94.3 Å². The fourth-order valence-corrected chi connectivity index (χ4v) is 4.18. The Hall–Kier alpha value is -2.36. The van der Waals surface area contributed by atoms with E-state index in [1.807, 2.05) is 30.3 Å². The molecule has 0 aliphatic rings. The average molecular weight is 407 g/mol. The molecule has 150 valence electrons. The lowest BCUT2D eigenvalue weighted by atomic mass is 9.79. The maximum absolute atomic E-state index is 13.6. The first-order valence-corrected chi connectivity index (χ1v) is 10.4. The fraction of sp³-hybridized carbons (Fsp3) is 0.269. The Morgan fingerprint density at radius 2 is 1.48 bits per heavy atom. The van der Waals surface area contributed by atoms with Crippen LogP contribution in [0.15, 0.2) is 60.7 Å². The van der Waals surface area contributed by atoms with Crippen LogP contribution in [0.4, 0.5) is 4.39 Å². The highest BCUT2D eigenvalue weighted by Gasteiger charge is 2.24. The highest BCUT2D eigenvalue weighted by Crippen LogP contribution is 2.40. The average Bonchev–Trinajstić information content (AvgIpc) is 2.72. The third-order valence-corrected chi connectivity index (χ3v) is 5.74. The van der Waals surface area contributed by atoms with Gasteiger partial charge in [-0.15, -0.1) is 0 Å². The summed E-state index contributed by atoms with van der Waals surface area (Å²) in [6.45, 7) is 8.47. The summed E-state index contributed by atoms with van der Waals surface area (Å²) < 4.78 is 13.6. The van der Waals surface area contributed by atoms with Gasteiger partial charge in [0.05, 0.1) is 11.5 Å². The van der Waals surface area contributed by atoms with Gasteiger partial charge in [-0.1, -0.05) is 88.4 Å². The topological polar surface area (TPSA) is 20.2 Å². The molecular weight excluding hydrogens is 379 g/mol. The van der Waals surface area contributed by atoms with Crippen LogP contribution >= 0.6 is 12.2 Å². The van der Waals surface area contributed by atoms with E-state index >= 15 is 0 Å². The van der Waals surface area contributed by atoms with Gasteiger partial charge in [-0.3, -0.25) is 0 Å². The zero-order valence-corrected chi connectivity index (χ0v) is 18.2. The van der Waals surface area contributed by atoms with Crippen LogP contribution < -0.4 is 0 Å². The third-order valence-electron chi connectivity index (χ3n) is 5.30. The minimum Gasteiger partial charge on any atom is -0.392 e. The van der Waals surface area contributed by atoms with Gasteiger partial charge in [0, 0.05) is 5.56 Å². The molecule has 0 saturated heterocycles. The quantitative estimate of drug-likeness (QED) is 0.351. The van der Waals surface area contributed by atoms with Gasteiger partial charge in [0.15, 0.2) is 0 Å². The summed E-state index contributed by atoms with van der Waals surface area (Å²) in [5.41, 5.74) is 6.83. The van der Waals surface area contributed by atoms with Crippen molar-refractivity contribution >= 4 is 17.1 Å². The highest BCUT2D eigenvalue weighted by atomic mass is 32.1. The Balaban J connectivity index is 2.43. The zero-order valence-electron chi connectivity index (χ0n) is 17.4. The number of hydrogen-bond acceptors (Lipinski definition) is 2. The molecule has 1 nitrogen and oxygen atoms in total. The SMILES string of the molecule is CC(C)c1cc(C(C)C)c(C(=S)c2ccccc2)c(-c2ccc(F)cc2)c1CO. The molecule has 3 rings (SSSR count). The molecule has 0 atom stereocenters. The van der Waals surface area contributed by atoms with Crippen molar-refractivity contribution in [3.63, 3.8) is 0 Å². The van der Waals surface area contributed by atoms with Crippen molar-refractivity contribution in [2.75, 3.05) is 0 Å². The van der Waals surface area contributed by atoms with Crippen LogP contribution in [0.1, 0.15) is 67.3 Å². The molecule has 0 fully saturated rings. The fourth-order valence-electron chi connectivity index (χ4n) is 3.82. The molecule has 3 aromatic rings. The van der Waals surface area contributed by atoms with Crippen LogP contribution in [0.5, 0.6) is 0 Å². The van der Waals surface area contributed by atoms with Gasteiger partial charge in [-0.25, -0.2) is 4.39 Å². The van der Waals surface area contributed by atoms with E-state index in [4.69, 9.17) is 12.2 Å². The molecule has 0 aliphatic heterocycles. The molecule has 0 bridgehead atoms. The maximum atomic E-state index is 13.6. The summed E-state index contributed by atoms with van der Waals surface area (Å²) in [4.78, 5) is 0.749. The Morgan fingerprint density at radius 1 is 0.897 bits per heavy atom. The van der Waals surface area contributed by atoms with E-state index in [0.717, 1.165) is 43.8 Å². The van der Waals surface area contributed by atoms with Crippen molar-refractivity contribution < 1.29 is 9.50 Å². The summed E-state index contributed by atoms with van der Waals surface area (Å²) >= 11 is 5.97. The molecule has 29 heavy (non-hydrogen) atoms. The molecule has 0 unspecified atom stereocenters. The first kappa shape index (κ1) is 21.4. The van der Waals surface area contributed by atoms with Crippen molar-refractivity contribution in [3.8, 4) is 11.1 Å². The minimum atomic E-state index is -0.282. The third kappa shape index (κ3) is 4.31. The van der Waals surface area contributed by atoms with E-state index in [1.54, 1.807) is 12.1 Å². The number of thiocarbonyl (C=S) groups is 1. The molecule has 0 aromatic heterocycles. The normalized spacial score (nSPS) is 11.3. The smallest absolute Gasteiger partial charge is 0.123 e. The van der Waals surface area contributed by atoms with Gasteiger partial charge < -0.3 is 5.11 Å². The van der Waals surface area contributed by atoms with Gasteiger partial charge in [-0.2, -0.15) is 0 Å². The van der Waals surface area contributed by atoms with E-state index in [0.29, 0.717) is 0 Å². The Labute approximate surface area is 178 Å². The number of aliphatic hydroxyl groups excluding tert-OH is 1. The van der Waals surface area contributed by atoms with E-state index < -0.39 is 0 Å². The molecule has 0 amide bonds. The van der Waals surface area contributed by atoms with Crippen molar-refractivity contribution in [2.45, 2.75) is 46.1 Å². The maximum Gasteiger partial charge on any atom is 0.123 e. The number of halogens is 1. The number of aliphatic hydroxyl groups is 1. The summed E-state index contributed by atoms with van der Waals surface area (Å²) in [5, 5.41) is 10.4. The number of hydrogen-bond donors (Lipinski definition) is 1. The standard InChI is InChI=1S/C26H27FOS/c1-16(2)21-14-22(17(3)4)25(26(29)19-8-6-5-7-9-19)24(23(21)15-28)18-10-12-20(27)13-11-18/h5-14,16-17,28H,15H2,1-4H3. The van der Waals surface area contributed by atoms with Crippen molar-refractivity contribution in [2.24, 2.45) is 0 Å². The molecule has 0 radical (unpaired) electrons. The van der Waals surface area contributed by atoms with Gasteiger partial charge in [0.1, 0.15) is 5.82 Å². The Bertz CT molecular complexity index is 1010. The second-order valence-electron chi connectivity index (χ2n) is 7.95. The molecule has 0 spiro atoms. The van der Waals surface area contributed by atoms with Gasteiger partial charge in [0.2, 0.25) is 0 Å². The highest BCUT2D eigenvalue weighted by molar-refractivity contribution is 7.81. The van der Waals surface area contributed by atoms with E-state index in [-0.39, 0.29) is 24.3 Å². The number of rotatable bonds is 6. The molecule has 3 aromatic carbocycles. The predicted molar refractivity (Wildman–Crippen MR) is 123 cm³/mol. The predicted octanol–water partition coefficient (Wildman–Crippen LogP) is 7.00. The van der Waals surface area contributed by atoms with Crippen molar-refractivity contribution in [1.82, 2.24) is 0 Å². The summed E-state index contributed by atoms with van der Waals surface area (Å²) in [6, 6.07) is 18.6. The van der Waals surface area contributed by atoms with Crippen LogP contribution in [0, 0.1) is 5.82 Å². The zero-order chi connectivity index (χ0) is 21.1. The van der Waals surface area contributed by atoms with Crippen LogP contribution in [0.3, 0.4) is 0 Å². The monoisotopic (exact) mass is 406 g/mol. The Morgan fingerprint density at radius 3 is 2.00 bits per heavy atom. The second kappa shape index (κ2) is 8.98. The van der Waals surface area contributed by atoms with Crippen molar-refractivity contribution in [1.29, 1.82) is 0 Å². The lowest BCUT2D eigenvalue weighted by molar-refractivity contribution is 0.280. The van der Waals surface area contributed by atoms with Gasteiger partial charge >= 0.3 is 0 Å². The van der Waals surface area contributed by atoms with Gasteiger partial charge in [-0.05, 0) is 57.3 Å². The first-order chi connectivity index (χ1) is 13.8. The molecule has 0 saturated carbocycles. The van der Waals surface area contributed by atoms with Gasteiger partial charge in [0.25, 0.3) is 0 Å². The summed E-state index contributed by atoms with van der Waals surface area (Å²) in [6.07, 6.45) is 0. The molecule has 0 heterocycles. The molecule has 3 heteroatoms. The Kier molecular flexibility index (Phi) is 6.61.